The van der Waals surface area contributed by atoms with Gasteiger partial charge in [-0.2, -0.15) is 17.5 Å². The van der Waals surface area contributed by atoms with Crippen LogP contribution in [0.2, 0.25) is 5.02 Å². The lowest BCUT2D eigenvalue weighted by Gasteiger charge is -2.22. The van der Waals surface area contributed by atoms with Gasteiger partial charge < -0.3 is 5.32 Å². The number of hydrogen-bond acceptors (Lipinski definition) is 3. The number of rotatable bonds is 7. The summed E-state index contributed by atoms with van der Waals surface area (Å²) in [4.78, 5) is 12.4. The van der Waals surface area contributed by atoms with Crippen molar-refractivity contribution in [3.8, 4) is 0 Å². The Morgan fingerprint density at radius 2 is 1.48 bits per heavy atom. The molecule has 0 unspecified atom stereocenters. The molecule has 0 heterocycles. The fourth-order valence-electron chi connectivity index (χ4n) is 2.88. The van der Waals surface area contributed by atoms with E-state index < -0.39 is 40.0 Å². The molecule has 0 bridgehead atoms. The Morgan fingerprint density at radius 3 is 2.03 bits per heavy atom. The van der Waals surface area contributed by atoms with Crippen molar-refractivity contribution in [1.82, 2.24) is 4.31 Å². The second-order valence-electron chi connectivity index (χ2n) is 6.98. The summed E-state index contributed by atoms with van der Waals surface area (Å²) < 4.78 is 78.6. The summed E-state index contributed by atoms with van der Waals surface area (Å²) in [5.41, 5.74) is -0.390. The molecule has 11 heteroatoms. The van der Waals surface area contributed by atoms with Gasteiger partial charge in [0.1, 0.15) is 5.82 Å². The van der Waals surface area contributed by atoms with Crippen LogP contribution < -0.4 is 5.32 Å². The van der Waals surface area contributed by atoms with Crippen molar-refractivity contribution in [2.45, 2.75) is 17.6 Å². The molecule has 3 rings (SSSR count). The number of halogens is 5. The highest BCUT2D eigenvalue weighted by Crippen LogP contribution is 2.30. The molecule has 0 aliphatic heterocycles. The highest BCUT2D eigenvalue weighted by atomic mass is 35.5. The molecule has 0 spiro atoms. The van der Waals surface area contributed by atoms with Gasteiger partial charge in [-0.25, -0.2) is 12.8 Å². The predicted molar refractivity (Wildman–Crippen MR) is 116 cm³/mol. The van der Waals surface area contributed by atoms with Crippen LogP contribution in [0.4, 0.5) is 23.2 Å². The SMILES string of the molecule is O=C(CN(Cc1ccc(F)cc1)S(=O)(=O)c1ccc(Cl)cc1)Nc1ccc(C(F)(F)F)cc1. The number of alkyl halides is 3. The number of benzene rings is 3. The van der Waals surface area contributed by atoms with Gasteiger partial charge in [0.2, 0.25) is 15.9 Å². The van der Waals surface area contributed by atoms with E-state index in [0.29, 0.717) is 10.6 Å². The summed E-state index contributed by atoms with van der Waals surface area (Å²) in [5.74, 6) is -1.28. The molecule has 0 saturated carbocycles. The van der Waals surface area contributed by atoms with E-state index in [1.807, 2.05) is 0 Å². The minimum absolute atomic E-state index is 0.0682. The number of nitrogens with one attached hydrogen (secondary N) is 1. The van der Waals surface area contributed by atoms with Crippen LogP contribution in [0.25, 0.3) is 0 Å². The molecular weight excluding hydrogens is 484 g/mol. The molecule has 0 atom stereocenters. The van der Waals surface area contributed by atoms with Crippen molar-refractivity contribution in [2.24, 2.45) is 0 Å². The van der Waals surface area contributed by atoms with Crippen LogP contribution in [-0.4, -0.2) is 25.2 Å². The minimum atomic E-state index is -4.53. The monoisotopic (exact) mass is 500 g/mol. The van der Waals surface area contributed by atoms with E-state index in [1.54, 1.807) is 0 Å². The largest absolute Gasteiger partial charge is 0.416 e. The molecule has 1 amide bonds. The Labute approximate surface area is 192 Å². The van der Waals surface area contributed by atoms with E-state index >= 15 is 0 Å². The fourth-order valence-corrected chi connectivity index (χ4v) is 4.39. The number of hydrogen-bond donors (Lipinski definition) is 1. The average Bonchev–Trinajstić information content (AvgIpc) is 2.75. The average molecular weight is 501 g/mol. The minimum Gasteiger partial charge on any atom is -0.325 e. The molecule has 0 radical (unpaired) electrons. The molecule has 0 aromatic heterocycles. The Kier molecular flexibility index (Phi) is 7.41. The molecule has 3 aromatic carbocycles. The van der Waals surface area contributed by atoms with Crippen molar-refractivity contribution < 1.29 is 30.8 Å². The van der Waals surface area contributed by atoms with Gasteiger partial charge in [0, 0.05) is 17.3 Å². The zero-order chi connectivity index (χ0) is 24.2. The lowest BCUT2D eigenvalue weighted by Crippen LogP contribution is -2.37. The Hall–Kier alpha value is -2.95. The molecular formula is C22H17ClF4N2O3S. The first-order chi connectivity index (χ1) is 15.4. The van der Waals surface area contributed by atoms with Crippen LogP contribution in [0.3, 0.4) is 0 Å². The normalized spacial score (nSPS) is 12.1. The lowest BCUT2D eigenvalue weighted by atomic mass is 10.2. The highest BCUT2D eigenvalue weighted by molar-refractivity contribution is 7.89. The third kappa shape index (κ3) is 6.53. The zero-order valence-electron chi connectivity index (χ0n) is 16.8. The van der Waals surface area contributed by atoms with Gasteiger partial charge in [-0.05, 0) is 66.2 Å². The smallest absolute Gasteiger partial charge is 0.325 e. The van der Waals surface area contributed by atoms with Crippen molar-refractivity contribution >= 4 is 33.2 Å². The predicted octanol–water partition coefficient (Wildman–Crippen LogP) is 5.33. The molecule has 0 fully saturated rings. The van der Waals surface area contributed by atoms with E-state index in [4.69, 9.17) is 11.6 Å². The second-order valence-corrected chi connectivity index (χ2v) is 9.35. The van der Waals surface area contributed by atoms with Crippen LogP contribution in [0.1, 0.15) is 11.1 Å². The summed E-state index contributed by atoms with van der Waals surface area (Å²) in [5, 5.41) is 2.70. The van der Waals surface area contributed by atoms with Gasteiger partial charge in [-0.1, -0.05) is 23.7 Å². The molecule has 33 heavy (non-hydrogen) atoms. The van der Waals surface area contributed by atoms with E-state index in [1.165, 1.54) is 36.4 Å². The Balaban J connectivity index is 1.83. The summed E-state index contributed by atoms with van der Waals surface area (Å²) in [6.07, 6.45) is -4.53. The first kappa shape index (κ1) is 24.7. The van der Waals surface area contributed by atoms with Crippen LogP contribution in [0.5, 0.6) is 0 Å². The molecule has 0 saturated heterocycles. The summed E-state index contributed by atoms with van der Waals surface area (Å²) >= 11 is 5.82. The van der Waals surface area contributed by atoms with E-state index in [0.717, 1.165) is 40.7 Å². The van der Waals surface area contributed by atoms with E-state index in [9.17, 15) is 30.8 Å². The number of nitrogens with zero attached hydrogens (tertiary/aromatic N) is 1. The van der Waals surface area contributed by atoms with Crippen LogP contribution in [-0.2, 0) is 27.5 Å². The van der Waals surface area contributed by atoms with Gasteiger partial charge in [0.25, 0.3) is 0 Å². The quantitative estimate of drug-likeness (QED) is 0.446. The van der Waals surface area contributed by atoms with Gasteiger partial charge in [-0.3, -0.25) is 4.79 Å². The number of carbonyl (C=O) groups excluding carboxylic acids is 1. The van der Waals surface area contributed by atoms with Crippen molar-refractivity contribution in [3.05, 3.63) is 94.8 Å². The first-order valence-corrected chi connectivity index (χ1v) is 11.2. The van der Waals surface area contributed by atoms with Crippen molar-refractivity contribution in [2.75, 3.05) is 11.9 Å². The zero-order valence-corrected chi connectivity index (χ0v) is 18.4. The third-order valence-corrected chi connectivity index (χ3v) is 6.60. The van der Waals surface area contributed by atoms with Crippen LogP contribution in [0, 0.1) is 5.82 Å². The molecule has 0 aliphatic carbocycles. The van der Waals surface area contributed by atoms with Gasteiger partial charge in [-0.15, -0.1) is 0 Å². The number of sulfonamides is 1. The van der Waals surface area contributed by atoms with Crippen LogP contribution >= 0.6 is 11.6 Å². The molecule has 174 valence electrons. The number of amides is 1. The van der Waals surface area contributed by atoms with Crippen molar-refractivity contribution in [1.29, 1.82) is 0 Å². The molecule has 3 aromatic rings. The Morgan fingerprint density at radius 1 is 0.909 bits per heavy atom. The maximum atomic E-state index is 13.2. The maximum absolute atomic E-state index is 13.2. The standard InChI is InChI=1S/C22H17ClF4N2O3S/c23-17-5-11-20(12-6-17)33(31,32)29(13-15-1-7-18(24)8-2-15)14-21(30)28-19-9-3-16(4-10-19)22(25,26)27/h1-12H,13-14H2,(H,28,30). The number of carbonyl (C=O) groups is 1. The highest BCUT2D eigenvalue weighted by Gasteiger charge is 2.30. The maximum Gasteiger partial charge on any atom is 0.416 e. The summed E-state index contributed by atoms with van der Waals surface area (Å²) in [6.45, 7) is -0.880. The van der Waals surface area contributed by atoms with E-state index in [-0.39, 0.29) is 17.1 Å². The van der Waals surface area contributed by atoms with Gasteiger partial charge in [0.15, 0.2) is 0 Å². The Bertz CT molecular complexity index is 1210. The fraction of sp³-hybridized carbons (Fsp3) is 0.136. The topological polar surface area (TPSA) is 66.5 Å². The second kappa shape index (κ2) is 9.90. The molecule has 0 aliphatic rings. The van der Waals surface area contributed by atoms with Crippen LogP contribution in [0.15, 0.2) is 77.7 Å². The summed E-state index contributed by atoms with van der Waals surface area (Å²) in [7, 11) is -4.17. The molecule has 5 nitrogen and oxygen atoms in total. The van der Waals surface area contributed by atoms with Gasteiger partial charge >= 0.3 is 6.18 Å². The lowest BCUT2D eigenvalue weighted by molar-refractivity contribution is -0.137. The molecule has 1 N–H and O–H groups in total. The van der Waals surface area contributed by atoms with Gasteiger partial charge in [0.05, 0.1) is 17.0 Å². The third-order valence-electron chi connectivity index (χ3n) is 4.54. The summed E-state index contributed by atoms with van der Waals surface area (Å²) in [6, 6.07) is 14.1. The van der Waals surface area contributed by atoms with Crippen molar-refractivity contribution in [3.63, 3.8) is 0 Å². The first-order valence-electron chi connectivity index (χ1n) is 9.42. The number of anilines is 1. The van der Waals surface area contributed by atoms with E-state index in [2.05, 4.69) is 5.32 Å².